The highest BCUT2D eigenvalue weighted by atomic mass is 16.5. The fourth-order valence-electron chi connectivity index (χ4n) is 3.24. The van der Waals surface area contributed by atoms with Crippen LogP contribution in [0.15, 0.2) is 72.8 Å². The molecule has 4 rings (SSSR count). The van der Waals surface area contributed by atoms with Gasteiger partial charge in [0.15, 0.2) is 11.9 Å². The second kappa shape index (κ2) is 8.69. The Hall–Kier alpha value is -3.80. The molecule has 0 saturated carbocycles. The van der Waals surface area contributed by atoms with Crippen LogP contribution in [0.5, 0.6) is 11.5 Å². The summed E-state index contributed by atoms with van der Waals surface area (Å²) in [5.74, 6) is 1.69. The molecule has 30 heavy (non-hydrogen) atoms. The number of anilines is 1. The van der Waals surface area contributed by atoms with Crippen molar-refractivity contribution in [2.24, 2.45) is 0 Å². The van der Waals surface area contributed by atoms with Gasteiger partial charge in [-0.25, -0.2) is 0 Å². The first kappa shape index (κ1) is 19.5. The van der Waals surface area contributed by atoms with Gasteiger partial charge in [-0.05, 0) is 49.7 Å². The molecule has 0 bridgehead atoms. The van der Waals surface area contributed by atoms with Gasteiger partial charge < -0.3 is 14.8 Å². The Morgan fingerprint density at radius 3 is 2.63 bits per heavy atom. The topological polar surface area (TPSA) is 76.2 Å². The molecule has 0 fully saturated rings. The van der Waals surface area contributed by atoms with Crippen LogP contribution in [0.25, 0.3) is 22.0 Å². The zero-order valence-corrected chi connectivity index (χ0v) is 16.9. The number of aromatic nitrogens is 2. The van der Waals surface area contributed by atoms with Crippen LogP contribution < -0.4 is 14.8 Å². The molecule has 1 unspecified atom stereocenters. The minimum absolute atomic E-state index is 0.266. The van der Waals surface area contributed by atoms with Crippen LogP contribution in [-0.4, -0.2) is 28.8 Å². The molecule has 0 radical (unpaired) electrons. The van der Waals surface area contributed by atoms with Gasteiger partial charge in [0.25, 0.3) is 5.91 Å². The third kappa shape index (κ3) is 4.12. The third-order valence-corrected chi connectivity index (χ3v) is 4.73. The minimum atomic E-state index is -0.656. The van der Waals surface area contributed by atoms with Gasteiger partial charge >= 0.3 is 0 Å². The molecule has 0 saturated heterocycles. The fourth-order valence-corrected chi connectivity index (χ4v) is 3.24. The van der Waals surface area contributed by atoms with Crippen molar-refractivity contribution < 1.29 is 14.3 Å². The zero-order chi connectivity index (χ0) is 20.9. The average molecular weight is 401 g/mol. The molecule has 1 amide bonds. The van der Waals surface area contributed by atoms with Gasteiger partial charge in [0, 0.05) is 10.9 Å². The number of nitrogens with one attached hydrogen (secondary N) is 2. The quantitative estimate of drug-likeness (QED) is 0.455. The maximum atomic E-state index is 12.6. The number of nitrogens with zero attached hydrogens (tertiary/aromatic N) is 1. The van der Waals surface area contributed by atoms with Crippen LogP contribution in [0.4, 0.5) is 5.82 Å². The van der Waals surface area contributed by atoms with Crippen molar-refractivity contribution >= 4 is 22.6 Å². The molecule has 0 aliphatic carbocycles. The Labute approximate surface area is 174 Å². The number of carbonyl (C=O) groups excluding carboxylic acids is 1. The molecular weight excluding hydrogens is 378 g/mol. The molecular formula is C24H23N3O3. The molecule has 3 aromatic carbocycles. The van der Waals surface area contributed by atoms with E-state index in [1.54, 1.807) is 6.92 Å². The summed E-state index contributed by atoms with van der Waals surface area (Å²) >= 11 is 0. The molecule has 6 heteroatoms. The lowest BCUT2D eigenvalue weighted by molar-refractivity contribution is -0.122. The molecule has 1 heterocycles. The smallest absolute Gasteiger partial charge is 0.266 e. The molecule has 0 aliphatic heterocycles. The van der Waals surface area contributed by atoms with Crippen LogP contribution in [0.2, 0.25) is 0 Å². The number of para-hydroxylation sites is 2. The van der Waals surface area contributed by atoms with E-state index in [2.05, 4.69) is 15.5 Å². The van der Waals surface area contributed by atoms with Gasteiger partial charge in [0.2, 0.25) is 0 Å². The number of H-pyrrole nitrogens is 1. The van der Waals surface area contributed by atoms with Gasteiger partial charge in [0.1, 0.15) is 11.5 Å². The fraction of sp³-hybridized carbons (Fsp3) is 0.167. The van der Waals surface area contributed by atoms with Gasteiger partial charge in [-0.2, -0.15) is 5.10 Å². The van der Waals surface area contributed by atoms with Crippen molar-refractivity contribution in [3.63, 3.8) is 0 Å². The van der Waals surface area contributed by atoms with Crippen molar-refractivity contribution in [1.82, 2.24) is 10.2 Å². The van der Waals surface area contributed by atoms with Crippen LogP contribution >= 0.6 is 0 Å². The Bertz CT molecular complexity index is 1150. The van der Waals surface area contributed by atoms with Crippen molar-refractivity contribution in [3.8, 4) is 22.6 Å². The van der Waals surface area contributed by atoms with E-state index < -0.39 is 6.10 Å². The molecule has 1 aromatic heterocycles. The molecule has 6 nitrogen and oxygen atoms in total. The van der Waals surface area contributed by atoms with Gasteiger partial charge in [-0.15, -0.1) is 0 Å². The highest BCUT2D eigenvalue weighted by Gasteiger charge is 2.18. The van der Waals surface area contributed by atoms with Gasteiger partial charge in [-0.3, -0.25) is 9.89 Å². The monoisotopic (exact) mass is 401 g/mol. The minimum Gasteiger partial charge on any atom is -0.493 e. The molecule has 0 spiro atoms. The van der Waals surface area contributed by atoms with E-state index in [9.17, 15) is 4.79 Å². The van der Waals surface area contributed by atoms with Crippen molar-refractivity contribution in [2.45, 2.75) is 20.0 Å². The van der Waals surface area contributed by atoms with E-state index in [-0.39, 0.29) is 5.91 Å². The zero-order valence-electron chi connectivity index (χ0n) is 16.9. The SMILES string of the molecule is CCOc1ccccc1-c1ccc2c(NC(=O)C(C)Oc3ccccc3)n[nH]c2c1. The molecule has 1 atom stereocenters. The summed E-state index contributed by atoms with van der Waals surface area (Å²) in [6.07, 6.45) is -0.656. The normalized spacial score (nSPS) is 11.8. The lowest BCUT2D eigenvalue weighted by Crippen LogP contribution is -2.30. The number of carbonyl (C=O) groups is 1. The first-order chi connectivity index (χ1) is 14.7. The highest BCUT2D eigenvalue weighted by molar-refractivity contribution is 6.02. The lowest BCUT2D eigenvalue weighted by Gasteiger charge is -2.14. The lowest BCUT2D eigenvalue weighted by atomic mass is 10.0. The Balaban J connectivity index is 1.53. The van der Waals surface area contributed by atoms with E-state index in [1.165, 1.54) is 0 Å². The second-order valence-electron chi connectivity index (χ2n) is 6.82. The average Bonchev–Trinajstić information content (AvgIpc) is 3.17. The first-order valence-electron chi connectivity index (χ1n) is 9.88. The molecule has 0 aliphatic rings. The standard InChI is InChI=1S/C24H23N3O3/c1-3-29-22-12-8-7-11-19(22)17-13-14-20-21(15-17)26-27-23(20)25-24(28)16(2)30-18-9-5-4-6-10-18/h4-16H,3H2,1-2H3,(H2,25,26,27,28). The Morgan fingerprint density at radius 1 is 1.07 bits per heavy atom. The van der Waals surface area contributed by atoms with Crippen LogP contribution in [0.3, 0.4) is 0 Å². The number of aromatic amines is 1. The number of ether oxygens (including phenoxy) is 2. The number of hydrogen-bond donors (Lipinski definition) is 2. The summed E-state index contributed by atoms with van der Waals surface area (Å²) in [4.78, 5) is 12.6. The summed E-state index contributed by atoms with van der Waals surface area (Å²) in [6, 6.07) is 23.1. The van der Waals surface area contributed by atoms with Crippen molar-refractivity contribution in [1.29, 1.82) is 0 Å². The number of rotatable bonds is 7. The molecule has 2 N–H and O–H groups in total. The van der Waals surface area contributed by atoms with Gasteiger partial charge in [-0.1, -0.05) is 42.5 Å². The summed E-state index contributed by atoms with van der Waals surface area (Å²) in [5, 5.41) is 10.9. The summed E-state index contributed by atoms with van der Waals surface area (Å²) in [6.45, 7) is 4.27. The number of fused-ring (bicyclic) bond motifs is 1. The predicted molar refractivity (Wildman–Crippen MR) is 118 cm³/mol. The number of amides is 1. The first-order valence-corrected chi connectivity index (χ1v) is 9.88. The van der Waals surface area contributed by atoms with Crippen LogP contribution in [0, 0.1) is 0 Å². The summed E-state index contributed by atoms with van der Waals surface area (Å²) in [7, 11) is 0. The van der Waals surface area contributed by atoms with Crippen molar-refractivity contribution in [3.05, 3.63) is 72.8 Å². The molecule has 4 aromatic rings. The van der Waals surface area contributed by atoms with Gasteiger partial charge in [0.05, 0.1) is 12.1 Å². The van der Waals surface area contributed by atoms with E-state index >= 15 is 0 Å². The second-order valence-corrected chi connectivity index (χ2v) is 6.82. The van der Waals surface area contributed by atoms with Crippen LogP contribution in [-0.2, 0) is 4.79 Å². The highest BCUT2D eigenvalue weighted by Crippen LogP contribution is 2.33. The van der Waals surface area contributed by atoms with E-state index in [0.29, 0.717) is 18.2 Å². The Kier molecular flexibility index (Phi) is 5.66. The third-order valence-electron chi connectivity index (χ3n) is 4.73. The maximum absolute atomic E-state index is 12.6. The van der Waals surface area contributed by atoms with Crippen molar-refractivity contribution in [2.75, 3.05) is 11.9 Å². The summed E-state index contributed by atoms with van der Waals surface area (Å²) in [5.41, 5.74) is 2.84. The predicted octanol–water partition coefficient (Wildman–Crippen LogP) is 5.03. The van der Waals surface area contributed by atoms with E-state index in [4.69, 9.17) is 9.47 Å². The Morgan fingerprint density at radius 2 is 1.83 bits per heavy atom. The largest absolute Gasteiger partial charge is 0.493 e. The summed E-state index contributed by atoms with van der Waals surface area (Å²) < 4.78 is 11.4. The number of benzene rings is 3. The number of hydrogen-bond acceptors (Lipinski definition) is 4. The molecule has 152 valence electrons. The maximum Gasteiger partial charge on any atom is 0.266 e. The van der Waals surface area contributed by atoms with E-state index in [1.807, 2.05) is 79.7 Å². The van der Waals surface area contributed by atoms with Crippen LogP contribution in [0.1, 0.15) is 13.8 Å². The van der Waals surface area contributed by atoms with E-state index in [0.717, 1.165) is 27.8 Å².